The van der Waals surface area contributed by atoms with Crippen LogP contribution in [0.4, 0.5) is 0 Å². The van der Waals surface area contributed by atoms with Crippen LogP contribution in [0.25, 0.3) is 0 Å². The second kappa shape index (κ2) is 5.57. The lowest BCUT2D eigenvalue weighted by molar-refractivity contribution is -0.167. The lowest BCUT2D eigenvalue weighted by Crippen LogP contribution is -2.73. The molecule has 6 nitrogen and oxygen atoms in total. The minimum absolute atomic E-state index is 0.0883. The average molecular weight is 297 g/mol. The lowest BCUT2D eigenvalue weighted by atomic mass is 9.83. The van der Waals surface area contributed by atoms with Gasteiger partial charge in [-0.15, -0.1) is 0 Å². The largest absolute Gasteiger partial charge is 0.388 e. The van der Waals surface area contributed by atoms with Crippen LogP contribution in [0.2, 0.25) is 0 Å². The fourth-order valence-electron chi connectivity index (χ4n) is 3.69. The van der Waals surface area contributed by atoms with Gasteiger partial charge < -0.3 is 15.7 Å². The van der Waals surface area contributed by atoms with Crippen LogP contribution in [0.3, 0.4) is 0 Å². The fourth-order valence-corrected chi connectivity index (χ4v) is 3.69. The van der Waals surface area contributed by atoms with Gasteiger partial charge in [-0.1, -0.05) is 13.8 Å². The van der Waals surface area contributed by atoms with Gasteiger partial charge in [-0.3, -0.25) is 14.5 Å². The number of aliphatic hydroxyl groups is 1. The van der Waals surface area contributed by atoms with Crippen LogP contribution in [0.1, 0.15) is 40.0 Å². The Labute approximate surface area is 126 Å². The van der Waals surface area contributed by atoms with Gasteiger partial charge in [0.2, 0.25) is 11.8 Å². The number of likely N-dealkylation sites (tertiary alicyclic amines) is 2. The molecule has 0 aliphatic carbocycles. The number of hydrogen-bond donors (Lipinski definition) is 2. The molecule has 0 aromatic carbocycles. The number of nitrogens with zero attached hydrogens (tertiary/aromatic N) is 2. The number of β-amino-alcohol motifs (C(OH)–C–C–N with tert-alkyl or cyclic N) is 1. The Morgan fingerprint density at radius 3 is 2.71 bits per heavy atom. The van der Waals surface area contributed by atoms with Crippen LogP contribution in [0.5, 0.6) is 0 Å². The highest BCUT2D eigenvalue weighted by molar-refractivity contribution is 5.93. The molecule has 2 heterocycles. The van der Waals surface area contributed by atoms with Crippen molar-refractivity contribution < 1.29 is 14.7 Å². The quantitative estimate of drug-likeness (QED) is 0.673. The fraction of sp³-hybridized carbons (Fsp3) is 0.867. The maximum Gasteiger partial charge on any atom is 0.245 e. The summed E-state index contributed by atoms with van der Waals surface area (Å²) in [5.41, 5.74) is 3.53. The first kappa shape index (κ1) is 16.2. The highest BCUT2D eigenvalue weighted by Crippen LogP contribution is 2.40. The molecule has 0 unspecified atom stereocenters. The van der Waals surface area contributed by atoms with Gasteiger partial charge >= 0.3 is 0 Å². The Kier molecular flexibility index (Phi) is 4.31. The SMILES string of the molecule is CC(C)CN1CCC[C@]12CN(C[C@@](C)(O)CC(N)=O)C2=O. The Morgan fingerprint density at radius 1 is 1.52 bits per heavy atom. The van der Waals surface area contributed by atoms with E-state index in [2.05, 4.69) is 18.7 Å². The molecule has 2 aliphatic heterocycles. The summed E-state index contributed by atoms with van der Waals surface area (Å²) in [5, 5.41) is 10.2. The van der Waals surface area contributed by atoms with Gasteiger partial charge in [-0.2, -0.15) is 0 Å². The van der Waals surface area contributed by atoms with Gasteiger partial charge in [0.15, 0.2) is 0 Å². The molecule has 3 N–H and O–H groups in total. The molecular formula is C15H27N3O3. The summed E-state index contributed by atoms with van der Waals surface area (Å²) in [7, 11) is 0. The van der Waals surface area contributed by atoms with Crippen LogP contribution in [0, 0.1) is 5.92 Å². The van der Waals surface area contributed by atoms with E-state index in [1.165, 1.54) is 0 Å². The molecular weight excluding hydrogens is 270 g/mol. The van der Waals surface area contributed by atoms with E-state index in [0.29, 0.717) is 12.5 Å². The van der Waals surface area contributed by atoms with E-state index in [-0.39, 0.29) is 24.4 Å². The normalized spacial score (nSPS) is 29.0. The number of carbonyl (C=O) groups excluding carboxylic acids is 2. The van der Waals surface area contributed by atoms with E-state index < -0.39 is 11.5 Å². The minimum atomic E-state index is -1.25. The number of hydrogen-bond acceptors (Lipinski definition) is 4. The van der Waals surface area contributed by atoms with Crippen LogP contribution in [-0.4, -0.2) is 64.0 Å². The highest BCUT2D eigenvalue weighted by atomic mass is 16.3. The lowest BCUT2D eigenvalue weighted by Gasteiger charge is -2.53. The Morgan fingerprint density at radius 2 is 2.19 bits per heavy atom. The van der Waals surface area contributed by atoms with Crippen molar-refractivity contribution in [3.05, 3.63) is 0 Å². The molecule has 0 aromatic heterocycles. The van der Waals surface area contributed by atoms with Crippen molar-refractivity contribution >= 4 is 11.8 Å². The number of carbonyl (C=O) groups is 2. The molecule has 2 amide bonds. The first-order valence-electron chi connectivity index (χ1n) is 7.71. The van der Waals surface area contributed by atoms with E-state index in [1.807, 2.05) is 0 Å². The van der Waals surface area contributed by atoms with Gasteiger partial charge in [0, 0.05) is 19.6 Å². The predicted octanol–water partition coefficient (Wildman–Crippen LogP) is -0.0544. The van der Waals surface area contributed by atoms with E-state index in [0.717, 1.165) is 25.9 Å². The summed E-state index contributed by atoms with van der Waals surface area (Å²) in [6.07, 6.45) is 1.82. The Balaban J connectivity index is 1.97. The number of rotatable bonds is 6. The van der Waals surface area contributed by atoms with Crippen LogP contribution < -0.4 is 5.73 Å². The maximum absolute atomic E-state index is 12.6. The van der Waals surface area contributed by atoms with Gasteiger partial charge in [-0.25, -0.2) is 0 Å². The zero-order chi connectivity index (χ0) is 15.8. The topological polar surface area (TPSA) is 86.9 Å². The molecule has 0 saturated carbocycles. The Bertz CT molecular complexity index is 436. The smallest absolute Gasteiger partial charge is 0.245 e. The molecule has 6 heteroatoms. The van der Waals surface area contributed by atoms with Crippen LogP contribution in [-0.2, 0) is 9.59 Å². The Hall–Kier alpha value is -1.14. The summed E-state index contributed by atoms with van der Waals surface area (Å²) >= 11 is 0. The maximum atomic E-state index is 12.6. The molecule has 2 rings (SSSR count). The van der Waals surface area contributed by atoms with Crippen LogP contribution in [0.15, 0.2) is 0 Å². The van der Waals surface area contributed by atoms with Crippen LogP contribution >= 0.6 is 0 Å². The standard InChI is InChI=1S/C15H27N3O3/c1-11(2)8-18-6-4-5-15(18)10-17(13(15)20)9-14(3,21)7-12(16)19/h11,21H,4-10H2,1-3H3,(H2,16,19)/t14-,15+/m0/s1. The second-order valence-corrected chi connectivity index (χ2v) is 7.28. The third kappa shape index (κ3) is 3.21. The molecule has 1 spiro atoms. The summed E-state index contributed by atoms with van der Waals surface area (Å²) in [6.45, 7) is 8.58. The molecule has 2 fully saturated rings. The summed E-state index contributed by atoms with van der Waals surface area (Å²) < 4.78 is 0. The number of β-lactam (4-membered cyclic amide) rings is 1. The molecule has 0 bridgehead atoms. The van der Waals surface area contributed by atoms with Gasteiger partial charge in [0.25, 0.3) is 0 Å². The van der Waals surface area contributed by atoms with Crippen molar-refractivity contribution in [2.75, 3.05) is 26.2 Å². The third-order valence-corrected chi connectivity index (χ3v) is 4.43. The zero-order valence-corrected chi connectivity index (χ0v) is 13.3. The molecule has 0 radical (unpaired) electrons. The molecule has 2 atom stereocenters. The van der Waals surface area contributed by atoms with Crippen molar-refractivity contribution in [1.29, 1.82) is 0 Å². The van der Waals surface area contributed by atoms with Crippen molar-refractivity contribution in [2.24, 2.45) is 11.7 Å². The van der Waals surface area contributed by atoms with Gasteiger partial charge in [-0.05, 0) is 32.2 Å². The van der Waals surface area contributed by atoms with E-state index >= 15 is 0 Å². The number of primary amides is 1. The third-order valence-electron chi connectivity index (χ3n) is 4.43. The first-order valence-corrected chi connectivity index (χ1v) is 7.71. The van der Waals surface area contributed by atoms with Crippen molar-refractivity contribution in [3.8, 4) is 0 Å². The number of nitrogens with two attached hydrogens (primary N) is 1. The molecule has 21 heavy (non-hydrogen) atoms. The highest BCUT2D eigenvalue weighted by Gasteiger charge is 2.58. The van der Waals surface area contributed by atoms with Crippen molar-refractivity contribution in [2.45, 2.75) is 51.2 Å². The van der Waals surface area contributed by atoms with E-state index in [4.69, 9.17) is 5.73 Å². The van der Waals surface area contributed by atoms with Crippen molar-refractivity contribution in [3.63, 3.8) is 0 Å². The molecule has 2 aliphatic rings. The van der Waals surface area contributed by atoms with Crippen molar-refractivity contribution in [1.82, 2.24) is 9.80 Å². The van der Waals surface area contributed by atoms with E-state index in [1.54, 1.807) is 11.8 Å². The average Bonchev–Trinajstić information content (AvgIpc) is 2.71. The van der Waals surface area contributed by atoms with E-state index in [9.17, 15) is 14.7 Å². The zero-order valence-electron chi connectivity index (χ0n) is 13.3. The predicted molar refractivity (Wildman–Crippen MR) is 79.4 cm³/mol. The second-order valence-electron chi connectivity index (χ2n) is 7.28. The summed E-state index contributed by atoms with van der Waals surface area (Å²) in [4.78, 5) is 27.5. The van der Waals surface area contributed by atoms with Gasteiger partial charge in [0.1, 0.15) is 5.54 Å². The minimum Gasteiger partial charge on any atom is -0.388 e. The molecule has 120 valence electrons. The monoisotopic (exact) mass is 297 g/mol. The molecule has 0 aromatic rings. The first-order chi connectivity index (χ1) is 9.66. The number of amides is 2. The van der Waals surface area contributed by atoms with Gasteiger partial charge in [0.05, 0.1) is 12.0 Å². The molecule has 2 saturated heterocycles. The summed E-state index contributed by atoms with van der Waals surface area (Å²) in [5.74, 6) is 0.0650. The summed E-state index contributed by atoms with van der Waals surface area (Å²) in [6, 6.07) is 0.